The summed E-state index contributed by atoms with van der Waals surface area (Å²) in [5.41, 5.74) is 7.91. The second-order valence-corrected chi connectivity index (χ2v) is 15.4. The first-order valence-electron chi connectivity index (χ1n) is 14.7. The second-order valence-electron chi connectivity index (χ2n) is 11.9. The molecule has 0 aliphatic carbocycles. The molecule has 3 aromatic carbocycles. The van der Waals surface area contributed by atoms with Gasteiger partial charge < -0.3 is 14.4 Å². The van der Waals surface area contributed by atoms with Crippen molar-refractivity contribution < 1.29 is 14.6 Å². The molecule has 1 N–H and O–H groups in total. The topological polar surface area (TPSA) is 64.3 Å². The number of aromatic nitrogens is 2. The third-order valence-corrected chi connectivity index (χ3v) is 10.7. The summed E-state index contributed by atoms with van der Waals surface area (Å²) >= 11 is 9.81. The molecule has 3 heterocycles. The van der Waals surface area contributed by atoms with Crippen molar-refractivity contribution in [1.29, 1.82) is 0 Å². The third-order valence-electron chi connectivity index (χ3n) is 7.90. The van der Waals surface area contributed by atoms with Crippen LogP contribution < -0.4 is 4.74 Å². The van der Waals surface area contributed by atoms with Crippen LogP contribution in [-0.2, 0) is 30.1 Å². The highest BCUT2D eigenvalue weighted by molar-refractivity contribution is 8.01. The molecule has 5 aromatic rings. The molecule has 5 nitrogen and oxygen atoms in total. The number of ether oxygens (including phenoxy) is 1. The van der Waals surface area contributed by atoms with E-state index in [4.69, 9.17) is 16.3 Å². The van der Waals surface area contributed by atoms with Crippen LogP contribution in [0.2, 0.25) is 5.02 Å². The Morgan fingerprint density at radius 2 is 1.84 bits per heavy atom. The molecule has 0 fully saturated rings. The predicted molar refractivity (Wildman–Crippen MR) is 183 cm³/mol. The van der Waals surface area contributed by atoms with Gasteiger partial charge in [0.2, 0.25) is 0 Å². The third kappa shape index (κ3) is 6.80. The molecular weight excluding hydrogens is 608 g/mol. The summed E-state index contributed by atoms with van der Waals surface area (Å²) < 4.78 is 8.48. The van der Waals surface area contributed by atoms with E-state index in [1.165, 1.54) is 27.1 Å². The molecule has 44 heavy (non-hydrogen) atoms. The number of halogens is 1. The van der Waals surface area contributed by atoms with Gasteiger partial charge in [0.25, 0.3) is 0 Å². The number of carboxylic acid groups (broad SMARTS) is 1. The van der Waals surface area contributed by atoms with Gasteiger partial charge in [-0.25, -0.2) is 0 Å². The zero-order valence-electron chi connectivity index (χ0n) is 25.0. The van der Waals surface area contributed by atoms with E-state index in [-0.39, 0.29) is 6.42 Å². The van der Waals surface area contributed by atoms with Crippen LogP contribution >= 0.6 is 35.1 Å². The molecular formula is C36H35ClN2O3S2. The number of pyridine rings is 1. The minimum absolute atomic E-state index is 0.109. The van der Waals surface area contributed by atoms with Crippen LogP contribution in [0.5, 0.6) is 5.75 Å². The number of carboxylic acids is 1. The molecule has 0 spiro atoms. The lowest BCUT2D eigenvalue weighted by Crippen LogP contribution is -2.20. The van der Waals surface area contributed by atoms with Gasteiger partial charge in [0, 0.05) is 60.6 Å². The van der Waals surface area contributed by atoms with Crippen LogP contribution in [0.15, 0.2) is 90.0 Å². The maximum Gasteiger partial charge on any atom is 0.304 e. The quantitative estimate of drug-likeness (QED) is 0.155. The molecule has 0 saturated heterocycles. The lowest BCUT2D eigenvalue weighted by molar-refractivity contribution is -0.137. The number of thioether (sulfide) groups is 2. The maximum absolute atomic E-state index is 11.6. The van der Waals surface area contributed by atoms with Crippen LogP contribution in [0.4, 0.5) is 0 Å². The van der Waals surface area contributed by atoms with Gasteiger partial charge >= 0.3 is 5.97 Å². The monoisotopic (exact) mass is 642 g/mol. The molecule has 1 unspecified atom stereocenters. The number of benzene rings is 3. The second kappa shape index (κ2) is 12.9. The van der Waals surface area contributed by atoms with Crippen molar-refractivity contribution in [2.45, 2.75) is 67.4 Å². The first kappa shape index (κ1) is 30.6. The molecule has 226 valence electrons. The van der Waals surface area contributed by atoms with Crippen LogP contribution in [0, 0.1) is 0 Å². The van der Waals surface area contributed by atoms with Crippen molar-refractivity contribution in [3.05, 3.63) is 113 Å². The maximum atomic E-state index is 11.6. The lowest BCUT2D eigenvalue weighted by atomic mass is 10.0. The minimum Gasteiger partial charge on any atom is -0.487 e. The average Bonchev–Trinajstić information content (AvgIpc) is 3.29. The Bertz CT molecular complexity index is 1790. The SMILES string of the molecule is CC1Cc2c(OCc3ccc(-c4ccccc4)cn3)ccc3c2c(c(CSC(C)(C)CC(=O)O)n3Cc2ccc(Cl)cc2)S1. The highest BCUT2D eigenvalue weighted by Crippen LogP contribution is 2.48. The average molecular weight is 643 g/mol. The molecule has 1 atom stereocenters. The van der Waals surface area contributed by atoms with E-state index in [1.54, 1.807) is 11.8 Å². The number of hydrogen-bond acceptors (Lipinski definition) is 5. The van der Waals surface area contributed by atoms with Crippen LogP contribution in [0.3, 0.4) is 0 Å². The number of nitrogens with zero attached hydrogens (tertiary/aromatic N) is 2. The summed E-state index contributed by atoms with van der Waals surface area (Å²) in [7, 11) is 0. The molecule has 0 saturated carbocycles. The summed E-state index contributed by atoms with van der Waals surface area (Å²) in [6.45, 7) is 7.38. The first-order valence-corrected chi connectivity index (χ1v) is 17.0. The zero-order chi connectivity index (χ0) is 30.8. The summed E-state index contributed by atoms with van der Waals surface area (Å²) in [6.07, 6.45) is 2.93. The summed E-state index contributed by atoms with van der Waals surface area (Å²) in [5.74, 6) is 0.834. The molecule has 0 bridgehead atoms. The Labute approximate surface area is 272 Å². The normalized spacial score (nSPS) is 14.6. The fourth-order valence-electron chi connectivity index (χ4n) is 5.74. The van der Waals surface area contributed by atoms with Crippen molar-refractivity contribution >= 4 is 52.0 Å². The van der Waals surface area contributed by atoms with Gasteiger partial charge in [-0.3, -0.25) is 9.78 Å². The molecule has 2 aromatic heterocycles. The highest BCUT2D eigenvalue weighted by atomic mass is 35.5. The van der Waals surface area contributed by atoms with E-state index >= 15 is 0 Å². The Hall–Kier alpha value is -3.39. The Morgan fingerprint density at radius 3 is 2.55 bits per heavy atom. The van der Waals surface area contributed by atoms with E-state index in [9.17, 15) is 9.90 Å². The first-order chi connectivity index (χ1) is 21.2. The van der Waals surface area contributed by atoms with Crippen molar-refractivity contribution in [2.75, 3.05) is 0 Å². The molecule has 0 radical (unpaired) electrons. The van der Waals surface area contributed by atoms with Crippen molar-refractivity contribution in [3.8, 4) is 16.9 Å². The number of rotatable bonds is 11. The number of aliphatic carboxylic acids is 1. The van der Waals surface area contributed by atoms with Crippen molar-refractivity contribution in [3.63, 3.8) is 0 Å². The Kier molecular flexibility index (Phi) is 8.99. The molecule has 8 heteroatoms. The predicted octanol–water partition coefficient (Wildman–Crippen LogP) is 9.51. The standard InChI is InChI=1S/C36H35ClN2O3S2/c1-23-17-29-32(42-21-28-14-11-26(19-38-28)25-7-5-4-6-8-25)16-15-30-34(29)35(44-23)31(22-43-36(2,3)18-33(40)41)39(30)20-24-9-12-27(37)13-10-24/h4-16,19,23H,17-18,20-22H2,1-3H3,(H,40,41). The van der Waals surface area contributed by atoms with Crippen molar-refractivity contribution in [1.82, 2.24) is 9.55 Å². The van der Waals surface area contributed by atoms with Crippen LogP contribution in [-0.4, -0.2) is 30.6 Å². The number of carbonyl (C=O) groups is 1. The van der Waals surface area contributed by atoms with Gasteiger partial charge in [-0.05, 0) is 47.9 Å². The lowest BCUT2D eigenvalue weighted by Gasteiger charge is -2.24. The van der Waals surface area contributed by atoms with Crippen LogP contribution in [0.1, 0.15) is 49.7 Å². The van der Waals surface area contributed by atoms with Gasteiger partial charge in [0.15, 0.2) is 0 Å². The van der Waals surface area contributed by atoms with Gasteiger partial charge in [-0.15, -0.1) is 23.5 Å². The Balaban J connectivity index is 1.34. The van der Waals surface area contributed by atoms with E-state index in [0.717, 1.165) is 34.6 Å². The van der Waals surface area contributed by atoms with E-state index in [1.807, 2.05) is 68.2 Å². The van der Waals surface area contributed by atoms with E-state index in [0.29, 0.717) is 29.2 Å². The summed E-state index contributed by atoms with van der Waals surface area (Å²) in [5, 5.41) is 11.8. The molecule has 0 amide bonds. The summed E-state index contributed by atoms with van der Waals surface area (Å²) in [4.78, 5) is 17.5. The van der Waals surface area contributed by atoms with Gasteiger partial charge in [-0.2, -0.15) is 0 Å². The smallest absolute Gasteiger partial charge is 0.304 e. The highest BCUT2D eigenvalue weighted by Gasteiger charge is 2.30. The largest absolute Gasteiger partial charge is 0.487 e. The molecule has 6 rings (SSSR count). The fourth-order valence-corrected chi connectivity index (χ4v) is 8.33. The molecule has 1 aliphatic rings. The van der Waals surface area contributed by atoms with E-state index in [2.05, 4.69) is 58.9 Å². The van der Waals surface area contributed by atoms with Gasteiger partial charge in [-0.1, -0.05) is 80.9 Å². The van der Waals surface area contributed by atoms with Gasteiger partial charge in [0.05, 0.1) is 17.6 Å². The fraction of sp³-hybridized carbons (Fsp3) is 0.278. The number of hydrogen-bond donors (Lipinski definition) is 1. The Morgan fingerprint density at radius 1 is 1.07 bits per heavy atom. The van der Waals surface area contributed by atoms with Gasteiger partial charge in [0.1, 0.15) is 12.4 Å². The van der Waals surface area contributed by atoms with Crippen molar-refractivity contribution in [2.24, 2.45) is 0 Å². The summed E-state index contributed by atoms with van der Waals surface area (Å²) in [6, 6.07) is 26.7. The van der Waals surface area contributed by atoms with E-state index < -0.39 is 10.7 Å². The zero-order valence-corrected chi connectivity index (χ0v) is 27.4. The molecule has 1 aliphatic heterocycles. The minimum atomic E-state index is -0.776. The van der Waals surface area contributed by atoms with Crippen LogP contribution in [0.25, 0.3) is 22.0 Å².